The van der Waals surface area contributed by atoms with Crippen molar-refractivity contribution < 1.29 is 9.53 Å². The van der Waals surface area contributed by atoms with Crippen LogP contribution in [0.1, 0.15) is 20.4 Å². The zero-order valence-corrected chi connectivity index (χ0v) is 14.3. The predicted molar refractivity (Wildman–Crippen MR) is 94.6 cm³/mol. The van der Waals surface area contributed by atoms with Crippen molar-refractivity contribution in [3.63, 3.8) is 0 Å². The molecule has 0 aliphatic rings. The maximum atomic E-state index is 12.7. The molecule has 3 aromatic rings. The zero-order chi connectivity index (χ0) is 16.9. The van der Waals surface area contributed by atoms with Gasteiger partial charge in [0.15, 0.2) is 0 Å². The Balaban J connectivity index is 1.72. The molecular formula is C18H17N3O2S. The van der Waals surface area contributed by atoms with Crippen LogP contribution in [0.5, 0.6) is 5.75 Å². The number of para-hydroxylation sites is 1. The number of rotatable bonds is 5. The number of aromatic nitrogens is 2. The van der Waals surface area contributed by atoms with Crippen LogP contribution in [0.25, 0.3) is 0 Å². The summed E-state index contributed by atoms with van der Waals surface area (Å²) in [6.45, 7) is 2.16. The molecule has 24 heavy (non-hydrogen) atoms. The Morgan fingerprint density at radius 2 is 2.00 bits per heavy atom. The van der Waals surface area contributed by atoms with Crippen LogP contribution in [-0.2, 0) is 6.61 Å². The fourth-order valence-electron chi connectivity index (χ4n) is 2.21. The smallest absolute Gasteiger partial charge is 0.270 e. The second-order valence-electron chi connectivity index (χ2n) is 5.20. The lowest BCUT2D eigenvalue weighted by molar-refractivity contribution is 0.0996. The Morgan fingerprint density at radius 1 is 1.21 bits per heavy atom. The van der Waals surface area contributed by atoms with Crippen molar-refractivity contribution in [3.8, 4) is 5.75 Å². The average molecular weight is 339 g/mol. The third kappa shape index (κ3) is 3.60. The van der Waals surface area contributed by atoms with Gasteiger partial charge in [0.2, 0.25) is 0 Å². The molecule has 5 nitrogen and oxygen atoms in total. The number of hydrogen-bond acceptors (Lipinski definition) is 5. The molecule has 6 heteroatoms. The molecule has 122 valence electrons. The van der Waals surface area contributed by atoms with Crippen LogP contribution in [-0.4, -0.2) is 22.9 Å². The highest BCUT2D eigenvalue weighted by Crippen LogP contribution is 2.23. The lowest BCUT2D eigenvalue weighted by Gasteiger charge is -2.16. The number of aryl methyl sites for hydroxylation is 1. The van der Waals surface area contributed by atoms with E-state index in [1.807, 2.05) is 49.4 Å². The van der Waals surface area contributed by atoms with Crippen molar-refractivity contribution in [3.05, 3.63) is 70.4 Å². The maximum absolute atomic E-state index is 12.7. The van der Waals surface area contributed by atoms with Gasteiger partial charge in [0, 0.05) is 18.9 Å². The number of carbonyl (C=O) groups excluding carboxylic acids is 1. The molecule has 0 spiro atoms. The minimum absolute atomic E-state index is 0.0659. The third-order valence-corrected chi connectivity index (χ3v) is 4.60. The molecule has 0 radical (unpaired) electrons. The highest BCUT2D eigenvalue weighted by molar-refractivity contribution is 7.13. The van der Waals surface area contributed by atoms with Gasteiger partial charge < -0.3 is 9.64 Å². The largest absolute Gasteiger partial charge is 0.485 e. The van der Waals surface area contributed by atoms with Crippen molar-refractivity contribution in [1.82, 2.24) is 9.97 Å². The summed E-state index contributed by atoms with van der Waals surface area (Å²) < 4.78 is 5.65. The third-order valence-electron chi connectivity index (χ3n) is 3.48. The molecule has 3 rings (SSSR count). The molecule has 0 aliphatic carbocycles. The molecule has 1 aromatic carbocycles. The summed E-state index contributed by atoms with van der Waals surface area (Å²) >= 11 is 1.36. The molecule has 0 fully saturated rings. The molecule has 0 unspecified atom stereocenters. The zero-order valence-electron chi connectivity index (χ0n) is 13.5. The van der Waals surface area contributed by atoms with E-state index in [0.717, 1.165) is 16.4 Å². The fraction of sp³-hybridized carbons (Fsp3) is 0.167. The number of ether oxygens (including phenoxy) is 1. The van der Waals surface area contributed by atoms with Crippen LogP contribution in [0.3, 0.4) is 0 Å². The monoisotopic (exact) mass is 339 g/mol. The summed E-state index contributed by atoms with van der Waals surface area (Å²) in [5.74, 6) is 0.614. The van der Waals surface area contributed by atoms with Crippen molar-refractivity contribution in [1.29, 1.82) is 0 Å². The van der Waals surface area contributed by atoms with E-state index in [9.17, 15) is 4.79 Å². The molecule has 0 atom stereocenters. The molecule has 0 saturated heterocycles. The molecule has 1 amide bonds. The van der Waals surface area contributed by atoms with Crippen LogP contribution in [0, 0.1) is 6.92 Å². The summed E-state index contributed by atoms with van der Waals surface area (Å²) in [7, 11) is 1.77. The minimum atomic E-state index is -0.0659. The van der Waals surface area contributed by atoms with Crippen molar-refractivity contribution in [2.45, 2.75) is 13.5 Å². The summed E-state index contributed by atoms with van der Waals surface area (Å²) in [6, 6.07) is 13.2. The van der Waals surface area contributed by atoms with E-state index in [-0.39, 0.29) is 5.91 Å². The van der Waals surface area contributed by atoms with Gasteiger partial charge in [-0.2, -0.15) is 0 Å². The number of carbonyl (C=O) groups is 1. The van der Waals surface area contributed by atoms with Crippen LogP contribution >= 0.6 is 11.3 Å². The Kier molecular flexibility index (Phi) is 4.86. The number of benzene rings is 1. The Bertz CT molecular complexity index is 819. The standard InChI is InChI=1S/C18H17N3O2S/c1-13-17(18(22)21(2)14-7-4-3-5-8-14)24-16(20-13)12-23-15-9-6-10-19-11-15/h3-11H,12H2,1-2H3. The Hall–Kier alpha value is -2.73. The van der Waals surface area contributed by atoms with E-state index >= 15 is 0 Å². The van der Waals surface area contributed by atoms with Crippen LogP contribution in [0.4, 0.5) is 5.69 Å². The lowest BCUT2D eigenvalue weighted by Crippen LogP contribution is -2.25. The molecule has 2 aromatic heterocycles. The van der Waals surface area contributed by atoms with Gasteiger partial charge in [-0.15, -0.1) is 11.3 Å². The molecule has 0 N–H and O–H groups in total. The van der Waals surface area contributed by atoms with E-state index in [2.05, 4.69) is 9.97 Å². The van der Waals surface area contributed by atoms with Crippen LogP contribution in [0.15, 0.2) is 54.9 Å². The molecule has 2 heterocycles. The molecule has 0 bridgehead atoms. The van der Waals surface area contributed by atoms with E-state index < -0.39 is 0 Å². The number of hydrogen-bond donors (Lipinski definition) is 0. The second kappa shape index (κ2) is 7.23. The van der Waals surface area contributed by atoms with E-state index in [1.165, 1.54) is 11.3 Å². The first-order valence-electron chi connectivity index (χ1n) is 7.47. The van der Waals surface area contributed by atoms with Crippen LogP contribution in [0.2, 0.25) is 0 Å². The van der Waals surface area contributed by atoms with Gasteiger partial charge in [0.1, 0.15) is 22.2 Å². The van der Waals surface area contributed by atoms with E-state index in [4.69, 9.17) is 4.74 Å². The van der Waals surface area contributed by atoms with Gasteiger partial charge in [0.25, 0.3) is 5.91 Å². The number of nitrogens with zero attached hydrogens (tertiary/aromatic N) is 3. The number of anilines is 1. The lowest BCUT2D eigenvalue weighted by atomic mass is 10.3. The summed E-state index contributed by atoms with van der Waals surface area (Å²) in [6.07, 6.45) is 3.34. The summed E-state index contributed by atoms with van der Waals surface area (Å²) in [5, 5.41) is 0.765. The van der Waals surface area contributed by atoms with E-state index in [0.29, 0.717) is 17.2 Å². The highest BCUT2D eigenvalue weighted by Gasteiger charge is 2.20. The quantitative estimate of drug-likeness (QED) is 0.711. The molecule has 0 aliphatic heterocycles. The summed E-state index contributed by atoms with van der Waals surface area (Å²) in [5.41, 5.74) is 1.57. The van der Waals surface area contributed by atoms with Gasteiger partial charge >= 0.3 is 0 Å². The van der Waals surface area contributed by atoms with Gasteiger partial charge in [0.05, 0.1) is 11.9 Å². The van der Waals surface area contributed by atoms with Crippen LogP contribution < -0.4 is 9.64 Å². The summed E-state index contributed by atoms with van der Waals surface area (Å²) in [4.78, 5) is 23.4. The first kappa shape index (κ1) is 16.1. The topological polar surface area (TPSA) is 55.3 Å². The Labute approximate surface area is 144 Å². The normalized spacial score (nSPS) is 10.4. The highest BCUT2D eigenvalue weighted by atomic mass is 32.1. The van der Waals surface area contributed by atoms with Gasteiger partial charge in [-0.05, 0) is 31.2 Å². The first-order valence-corrected chi connectivity index (χ1v) is 8.29. The molecule has 0 saturated carbocycles. The number of amides is 1. The van der Waals surface area contributed by atoms with E-state index in [1.54, 1.807) is 24.3 Å². The van der Waals surface area contributed by atoms with Crippen molar-refractivity contribution in [2.75, 3.05) is 11.9 Å². The average Bonchev–Trinajstić information content (AvgIpc) is 3.01. The van der Waals surface area contributed by atoms with Crippen molar-refractivity contribution in [2.24, 2.45) is 0 Å². The van der Waals surface area contributed by atoms with Gasteiger partial charge in [-0.25, -0.2) is 4.98 Å². The predicted octanol–water partition coefficient (Wildman–Crippen LogP) is 3.70. The second-order valence-corrected chi connectivity index (χ2v) is 6.28. The number of thiazole rings is 1. The Morgan fingerprint density at radius 3 is 2.71 bits per heavy atom. The molecular weight excluding hydrogens is 322 g/mol. The van der Waals surface area contributed by atoms with Gasteiger partial charge in [-0.1, -0.05) is 18.2 Å². The minimum Gasteiger partial charge on any atom is -0.485 e. The SMILES string of the molecule is Cc1nc(COc2cccnc2)sc1C(=O)N(C)c1ccccc1. The number of pyridine rings is 1. The van der Waals surface area contributed by atoms with Gasteiger partial charge in [-0.3, -0.25) is 9.78 Å². The fourth-order valence-corrected chi connectivity index (χ4v) is 3.16. The first-order chi connectivity index (χ1) is 11.6. The maximum Gasteiger partial charge on any atom is 0.270 e. The van der Waals surface area contributed by atoms with Crippen molar-refractivity contribution >= 4 is 22.9 Å².